The van der Waals surface area contributed by atoms with Gasteiger partial charge in [0.25, 0.3) is 0 Å². The van der Waals surface area contributed by atoms with Crippen molar-refractivity contribution < 1.29 is 5.11 Å². The van der Waals surface area contributed by atoms with Crippen LogP contribution in [0.5, 0.6) is 0 Å². The third-order valence-corrected chi connectivity index (χ3v) is 4.08. The molecule has 0 bridgehead atoms. The maximum atomic E-state index is 9.31. The van der Waals surface area contributed by atoms with Crippen LogP contribution in [-0.4, -0.2) is 26.4 Å². The third-order valence-electron chi connectivity index (χ3n) is 1.61. The summed E-state index contributed by atoms with van der Waals surface area (Å²) in [6.45, 7) is 3.76. The number of aliphatic hydroxyl groups excluding tert-OH is 1. The van der Waals surface area contributed by atoms with Gasteiger partial charge >= 0.3 is 0 Å². The first-order valence-corrected chi connectivity index (χ1v) is 5.87. The predicted octanol–water partition coefficient (Wildman–Crippen LogP) is 1.94. The van der Waals surface area contributed by atoms with Crippen LogP contribution in [0.4, 0.5) is 0 Å². The van der Waals surface area contributed by atoms with E-state index in [2.05, 4.69) is 32.6 Å². The molecule has 0 aliphatic rings. The van der Waals surface area contributed by atoms with Crippen LogP contribution in [0.3, 0.4) is 0 Å². The summed E-state index contributed by atoms with van der Waals surface area (Å²) < 4.78 is 1.03. The van der Waals surface area contributed by atoms with Crippen molar-refractivity contribution in [3.8, 4) is 0 Å². The Balaban J connectivity index is 2.69. The topological polar surface area (TPSA) is 46.0 Å². The molecule has 1 heterocycles. The van der Waals surface area contributed by atoms with Crippen molar-refractivity contribution in [2.24, 2.45) is 0 Å². The van der Waals surface area contributed by atoms with Gasteiger partial charge < -0.3 is 5.11 Å². The summed E-state index contributed by atoms with van der Waals surface area (Å²) in [5, 5.41) is 10.4. The second kappa shape index (κ2) is 5.11. The molecule has 0 fully saturated rings. The van der Waals surface area contributed by atoms with E-state index in [-0.39, 0.29) is 11.4 Å². The summed E-state index contributed by atoms with van der Waals surface area (Å²) in [4.78, 5) is 8.04. The lowest BCUT2D eigenvalue weighted by molar-refractivity contribution is 0.196. The van der Waals surface area contributed by atoms with Gasteiger partial charge in [0.2, 0.25) is 0 Å². The highest BCUT2D eigenvalue weighted by molar-refractivity contribution is 14.1. The summed E-state index contributed by atoms with van der Waals surface area (Å²) in [6, 6.07) is 0. The Labute approximate surface area is 95.5 Å². The number of aliphatic hydroxyl groups is 1. The second-order valence-corrected chi connectivity index (χ2v) is 5.27. The van der Waals surface area contributed by atoms with E-state index in [9.17, 15) is 5.11 Å². The summed E-state index contributed by atoms with van der Waals surface area (Å²) in [5.41, 5.74) is 0. The minimum Gasteiger partial charge on any atom is -0.392 e. The Hall–Kier alpha value is 0.120. The number of rotatable bonds is 3. The maximum absolute atomic E-state index is 9.31. The zero-order valence-corrected chi connectivity index (χ0v) is 10.4. The number of halogens is 1. The summed E-state index contributed by atoms with van der Waals surface area (Å²) in [7, 11) is 0. The van der Waals surface area contributed by atoms with Crippen LogP contribution in [0, 0.1) is 3.57 Å². The molecule has 2 unspecified atom stereocenters. The minimum absolute atomic E-state index is 0.156. The average Bonchev–Trinajstić information content (AvgIpc) is 2.08. The van der Waals surface area contributed by atoms with Gasteiger partial charge in [-0.15, -0.1) is 0 Å². The Kier molecular flexibility index (Phi) is 4.40. The molecule has 0 amide bonds. The number of hydrogen-bond acceptors (Lipinski definition) is 4. The second-order valence-electron chi connectivity index (χ2n) is 2.74. The molecule has 1 aromatic heterocycles. The summed E-state index contributed by atoms with van der Waals surface area (Å²) >= 11 is 3.76. The largest absolute Gasteiger partial charge is 0.392 e. The fourth-order valence-electron chi connectivity index (χ4n) is 0.663. The highest BCUT2D eigenvalue weighted by Crippen LogP contribution is 2.26. The quantitative estimate of drug-likeness (QED) is 0.526. The first-order chi connectivity index (χ1) is 6.11. The molecule has 72 valence electrons. The molecule has 5 heteroatoms. The van der Waals surface area contributed by atoms with Gasteiger partial charge in [0.05, 0.1) is 9.67 Å². The Morgan fingerprint density at radius 2 is 2.23 bits per heavy atom. The highest BCUT2D eigenvalue weighted by Gasteiger charge is 2.12. The van der Waals surface area contributed by atoms with Gasteiger partial charge in [0.1, 0.15) is 11.4 Å². The normalized spacial score (nSPS) is 15.4. The van der Waals surface area contributed by atoms with Crippen molar-refractivity contribution in [1.82, 2.24) is 9.97 Å². The van der Waals surface area contributed by atoms with E-state index in [1.807, 2.05) is 6.92 Å². The van der Waals surface area contributed by atoms with Gasteiger partial charge in [-0.3, -0.25) is 0 Å². The Morgan fingerprint density at radius 1 is 1.54 bits per heavy atom. The Morgan fingerprint density at radius 3 is 2.77 bits per heavy atom. The first-order valence-electron chi connectivity index (χ1n) is 3.91. The van der Waals surface area contributed by atoms with Crippen LogP contribution in [0.2, 0.25) is 0 Å². The molecule has 1 aromatic rings. The van der Waals surface area contributed by atoms with Crippen LogP contribution in [0.1, 0.15) is 13.8 Å². The molecular formula is C8H11IN2OS. The zero-order valence-electron chi connectivity index (χ0n) is 7.44. The molecule has 1 rings (SSSR count). The van der Waals surface area contributed by atoms with E-state index < -0.39 is 0 Å². The molecule has 0 aliphatic carbocycles. The van der Waals surface area contributed by atoms with Gasteiger partial charge in [0.15, 0.2) is 0 Å². The van der Waals surface area contributed by atoms with Crippen molar-refractivity contribution in [1.29, 1.82) is 0 Å². The van der Waals surface area contributed by atoms with E-state index >= 15 is 0 Å². The van der Waals surface area contributed by atoms with E-state index in [0.717, 1.165) is 8.60 Å². The molecule has 0 aromatic carbocycles. The van der Waals surface area contributed by atoms with Gasteiger partial charge in [-0.2, -0.15) is 0 Å². The van der Waals surface area contributed by atoms with E-state index in [1.54, 1.807) is 24.9 Å². The molecule has 0 aliphatic heterocycles. The SMILES string of the molecule is CC(O)C(C)Sc1ncncc1I. The van der Waals surface area contributed by atoms with Crippen molar-refractivity contribution in [2.75, 3.05) is 0 Å². The van der Waals surface area contributed by atoms with Gasteiger partial charge in [-0.25, -0.2) is 9.97 Å². The van der Waals surface area contributed by atoms with Crippen molar-refractivity contribution in [3.05, 3.63) is 16.1 Å². The lowest BCUT2D eigenvalue weighted by atomic mass is 10.3. The standard InChI is InChI=1S/C8H11IN2OS/c1-5(12)6(2)13-8-7(9)3-10-4-11-8/h3-6,12H,1-2H3. The molecule has 0 radical (unpaired) electrons. The fraction of sp³-hybridized carbons (Fsp3) is 0.500. The van der Waals surface area contributed by atoms with Crippen molar-refractivity contribution in [2.45, 2.75) is 30.2 Å². The molecule has 0 spiro atoms. The third kappa shape index (κ3) is 3.40. The predicted molar refractivity (Wildman–Crippen MR) is 61.7 cm³/mol. The lowest BCUT2D eigenvalue weighted by Gasteiger charge is -2.13. The van der Waals surface area contributed by atoms with Crippen LogP contribution >= 0.6 is 34.4 Å². The smallest absolute Gasteiger partial charge is 0.116 e. The average molecular weight is 310 g/mol. The zero-order chi connectivity index (χ0) is 9.84. The van der Waals surface area contributed by atoms with Crippen LogP contribution < -0.4 is 0 Å². The van der Waals surface area contributed by atoms with Crippen molar-refractivity contribution in [3.63, 3.8) is 0 Å². The van der Waals surface area contributed by atoms with Crippen molar-refractivity contribution >= 4 is 34.4 Å². The lowest BCUT2D eigenvalue weighted by Crippen LogP contribution is -2.15. The highest BCUT2D eigenvalue weighted by atomic mass is 127. The van der Waals surface area contributed by atoms with Crippen LogP contribution in [0.25, 0.3) is 0 Å². The molecule has 3 nitrogen and oxygen atoms in total. The first kappa shape index (κ1) is 11.2. The number of thioether (sulfide) groups is 1. The van der Waals surface area contributed by atoms with Gasteiger partial charge in [-0.05, 0) is 29.5 Å². The van der Waals surface area contributed by atoms with Gasteiger partial charge in [-0.1, -0.05) is 18.7 Å². The summed E-state index contributed by atoms with van der Waals surface area (Å²) in [6.07, 6.45) is 2.97. The molecule has 2 atom stereocenters. The number of hydrogen-bond donors (Lipinski definition) is 1. The Bertz CT molecular complexity index is 283. The molecule has 0 saturated heterocycles. The minimum atomic E-state index is -0.323. The summed E-state index contributed by atoms with van der Waals surface area (Å²) in [5.74, 6) is 0. The molecule has 13 heavy (non-hydrogen) atoms. The number of aromatic nitrogens is 2. The van der Waals surface area contributed by atoms with Crippen LogP contribution in [0.15, 0.2) is 17.6 Å². The van der Waals surface area contributed by atoms with E-state index in [1.165, 1.54) is 6.33 Å². The van der Waals surface area contributed by atoms with E-state index in [0.29, 0.717) is 0 Å². The monoisotopic (exact) mass is 310 g/mol. The molecule has 0 saturated carbocycles. The van der Waals surface area contributed by atoms with Gasteiger partial charge in [0, 0.05) is 11.4 Å². The maximum Gasteiger partial charge on any atom is 0.116 e. The fourth-order valence-corrected chi connectivity index (χ4v) is 2.17. The van der Waals surface area contributed by atoms with Crippen LogP contribution in [-0.2, 0) is 0 Å². The number of nitrogens with zero attached hydrogens (tertiary/aromatic N) is 2. The molecule has 1 N–H and O–H groups in total. The molecular weight excluding hydrogens is 299 g/mol. The van der Waals surface area contributed by atoms with E-state index in [4.69, 9.17) is 0 Å².